The van der Waals surface area contributed by atoms with Crippen molar-refractivity contribution in [3.63, 3.8) is 0 Å². The van der Waals surface area contributed by atoms with Crippen molar-refractivity contribution in [2.24, 2.45) is 0 Å². The normalized spacial score (nSPS) is 13.3. The zero-order valence-electron chi connectivity index (χ0n) is 14.9. The highest BCUT2D eigenvalue weighted by Gasteiger charge is 2.23. The van der Waals surface area contributed by atoms with Gasteiger partial charge in [-0.15, -0.1) is 11.3 Å². The number of carbonyl (C=O) groups is 1. The maximum absolute atomic E-state index is 12.2. The van der Waals surface area contributed by atoms with Gasteiger partial charge in [-0.25, -0.2) is 4.79 Å². The SMILES string of the molecule is Cc1ccc(C(C)NCCN(C(=O)OC(C)(C)C)C(C)C)s1. The van der Waals surface area contributed by atoms with Gasteiger partial charge in [0.2, 0.25) is 0 Å². The molecule has 1 rings (SSSR count). The minimum absolute atomic E-state index is 0.121. The van der Waals surface area contributed by atoms with E-state index < -0.39 is 5.60 Å². The van der Waals surface area contributed by atoms with E-state index in [4.69, 9.17) is 4.74 Å². The number of amides is 1. The van der Waals surface area contributed by atoms with Crippen molar-refractivity contribution in [1.29, 1.82) is 0 Å². The number of nitrogens with one attached hydrogen (secondary N) is 1. The molecule has 1 amide bonds. The molecule has 0 fully saturated rings. The molecule has 1 unspecified atom stereocenters. The van der Waals surface area contributed by atoms with Crippen molar-refractivity contribution >= 4 is 17.4 Å². The lowest BCUT2D eigenvalue weighted by Crippen LogP contribution is -2.44. The van der Waals surface area contributed by atoms with E-state index in [0.717, 1.165) is 6.54 Å². The summed E-state index contributed by atoms with van der Waals surface area (Å²) >= 11 is 1.81. The molecule has 0 saturated heterocycles. The molecule has 1 aromatic heterocycles. The summed E-state index contributed by atoms with van der Waals surface area (Å²) in [6.07, 6.45) is -0.246. The molecule has 1 atom stereocenters. The van der Waals surface area contributed by atoms with Gasteiger partial charge in [0.25, 0.3) is 0 Å². The second-order valence-corrected chi connectivity index (χ2v) is 8.21. The lowest BCUT2D eigenvalue weighted by molar-refractivity contribution is 0.0192. The predicted molar refractivity (Wildman–Crippen MR) is 93.5 cm³/mol. The summed E-state index contributed by atoms with van der Waals surface area (Å²) in [6, 6.07) is 4.72. The Labute approximate surface area is 138 Å². The summed E-state index contributed by atoms with van der Waals surface area (Å²) < 4.78 is 5.47. The molecule has 1 aromatic rings. The second-order valence-electron chi connectivity index (χ2n) is 6.89. The zero-order valence-corrected chi connectivity index (χ0v) is 15.7. The Morgan fingerprint density at radius 2 is 1.95 bits per heavy atom. The van der Waals surface area contributed by atoms with Crippen LogP contribution in [-0.4, -0.2) is 35.7 Å². The van der Waals surface area contributed by atoms with Gasteiger partial charge >= 0.3 is 6.09 Å². The first-order valence-corrected chi connectivity index (χ1v) is 8.71. The first-order valence-electron chi connectivity index (χ1n) is 7.89. The van der Waals surface area contributed by atoms with Crippen molar-refractivity contribution in [1.82, 2.24) is 10.2 Å². The molecule has 0 radical (unpaired) electrons. The summed E-state index contributed by atoms with van der Waals surface area (Å²) in [6.45, 7) is 15.3. The number of rotatable bonds is 6. The highest BCUT2D eigenvalue weighted by molar-refractivity contribution is 7.12. The molecule has 126 valence electrons. The van der Waals surface area contributed by atoms with Crippen LogP contribution in [0.25, 0.3) is 0 Å². The van der Waals surface area contributed by atoms with Crippen LogP contribution in [0.5, 0.6) is 0 Å². The van der Waals surface area contributed by atoms with Crippen LogP contribution in [-0.2, 0) is 4.74 Å². The predicted octanol–water partition coefficient (Wildman–Crippen LogP) is 4.35. The molecule has 0 aliphatic rings. The summed E-state index contributed by atoms with van der Waals surface area (Å²) in [5.74, 6) is 0. The molecule has 0 aromatic carbocycles. The number of thiophene rings is 1. The van der Waals surface area contributed by atoms with E-state index in [-0.39, 0.29) is 12.1 Å². The van der Waals surface area contributed by atoms with Crippen LogP contribution >= 0.6 is 11.3 Å². The minimum atomic E-state index is -0.459. The first kappa shape index (κ1) is 19.0. The third kappa shape index (κ3) is 6.36. The maximum atomic E-state index is 12.2. The quantitative estimate of drug-likeness (QED) is 0.845. The Kier molecular flexibility index (Phi) is 6.88. The Morgan fingerprint density at radius 3 is 2.41 bits per heavy atom. The summed E-state index contributed by atoms with van der Waals surface area (Å²) in [5, 5.41) is 3.48. The second kappa shape index (κ2) is 7.97. The largest absolute Gasteiger partial charge is 0.444 e. The van der Waals surface area contributed by atoms with Gasteiger partial charge in [-0.1, -0.05) is 0 Å². The van der Waals surface area contributed by atoms with Crippen molar-refractivity contribution in [3.05, 3.63) is 21.9 Å². The number of hydrogen-bond acceptors (Lipinski definition) is 4. The summed E-state index contributed by atoms with van der Waals surface area (Å²) in [4.78, 5) is 16.6. The molecule has 1 N–H and O–H groups in total. The van der Waals surface area contributed by atoms with E-state index in [2.05, 4.69) is 31.3 Å². The zero-order chi connectivity index (χ0) is 16.9. The molecule has 0 aliphatic heterocycles. The Hall–Kier alpha value is -1.07. The highest BCUT2D eigenvalue weighted by Crippen LogP contribution is 2.22. The fraction of sp³-hybridized carbons (Fsp3) is 0.706. The van der Waals surface area contributed by atoms with Crippen molar-refractivity contribution < 1.29 is 9.53 Å². The molecule has 4 nitrogen and oxygen atoms in total. The lowest BCUT2D eigenvalue weighted by atomic mass is 10.2. The molecule has 0 saturated carbocycles. The third-order valence-corrected chi connectivity index (χ3v) is 4.43. The minimum Gasteiger partial charge on any atom is -0.444 e. The van der Waals surface area contributed by atoms with Crippen LogP contribution in [0.3, 0.4) is 0 Å². The summed E-state index contributed by atoms with van der Waals surface area (Å²) in [5.41, 5.74) is -0.459. The molecule has 1 heterocycles. The Bertz CT molecular complexity index is 477. The molecular weight excluding hydrogens is 296 g/mol. The molecule has 0 spiro atoms. The van der Waals surface area contributed by atoms with Gasteiger partial charge in [-0.2, -0.15) is 0 Å². The average molecular weight is 327 g/mol. The smallest absolute Gasteiger partial charge is 0.410 e. The monoisotopic (exact) mass is 326 g/mol. The Morgan fingerprint density at radius 1 is 1.32 bits per heavy atom. The lowest BCUT2D eigenvalue weighted by Gasteiger charge is -2.30. The number of aryl methyl sites for hydroxylation is 1. The first-order chi connectivity index (χ1) is 10.1. The van der Waals surface area contributed by atoms with Gasteiger partial charge in [0.1, 0.15) is 5.60 Å². The van der Waals surface area contributed by atoms with Gasteiger partial charge < -0.3 is 15.0 Å². The number of hydrogen-bond donors (Lipinski definition) is 1. The van der Waals surface area contributed by atoms with Crippen molar-refractivity contribution in [2.45, 2.75) is 66.2 Å². The van der Waals surface area contributed by atoms with Crippen LogP contribution < -0.4 is 5.32 Å². The fourth-order valence-corrected chi connectivity index (χ4v) is 2.97. The molecule has 0 aliphatic carbocycles. The number of carbonyl (C=O) groups excluding carboxylic acids is 1. The van der Waals surface area contributed by atoms with Crippen molar-refractivity contribution in [2.75, 3.05) is 13.1 Å². The average Bonchev–Trinajstić information content (AvgIpc) is 2.78. The van der Waals surface area contributed by atoms with Gasteiger partial charge in [0.15, 0.2) is 0 Å². The van der Waals surface area contributed by atoms with Gasteiger partial charge in [0.05, 0.1) is 0 Å². The van der Waals surface area contributed by atoms with Crippen LogP contribution in [0.15, 0.2) is 12.1 Å². The van der Waals surface area contributed by atoms with Gasteiger partial charge in [-0.3, -0.25) is 0 Å². The van der Waals surface area contributed by atoms with Crippen LogP contribution in [0.4, 0.5) is 4.79 Å². The molecule has 22 heavy (non-hydrogen) atoms. The van der Waals surface area contributed by atoms with Gasteiger partial charge in [-0.05, 0) is 60.6 Å². The fourth-order valence-electron chi connectivity index (χ4n) is 2.07. The third-order valence-electron chi connectivity index (χ3n) is 3.24. The van der Waals surface area contributed by atoms with Crippen LogP contribution in [0.2, 0.25) is 0 Å². The Balaban J connectivity index is 2.49. The van der Waals surface area contributed by atoms with E-state index in [1.807, 2.05) is 46.0 Å². The molecule has 0 bridgehead atoms. The van der Waals surface area contributed by atoms with Crippen molar-refractivity contribution in [3.8, 4) is 0 Å². The van der Waals surface area contributed by atoms with Crippen LogP contribution in [0, 0.1) is 6.92 Å². The number of nitrogens with zero attached hydrogens (tertiary/aromatic N) is 1. The van der Waals surface area contributed by atoms with E-state index in [1.165, 1.54) is 9.75 Å². The highest BCUT2D eigenvalue weighted by atomic mass is 32.1. The topological polar surface area (TPSA) is 41.6 Å². The molecule has 5 heteroatoms. The standard InChI is InChI=1S/C17H30N2O2S/c1-12(2)19(16(20)21-17(5,6)7)11-10-18-14(4)15-9-8-13(3)22-15/h8-9,12,14,18H,10-11H2,1-7H3. The van der Waals surface area contributed by atoms with E-state index in [9.17, 15) is 4.79 Å². The summed E-state index contributed by atoms with van der Waals surface area (Å²) in [7, 11) is 0. The molecular formula is C17H30N2O2S. The maximum Gasteiger partial charge on any atom is 0.410 e. The van der Waals surface area contributed by atoms with Gasteiger partial charge in [0, 0.05) is 34.9 Å². The van der Waals surface area contributed by atoms with E-state index in [0.29, 0.717) is 12.6 Å². The van der Waals surface area contributed by atoms with E-state index >= 15 is 0 Å². The number of ether oxygens (including phenoxy) is 1. The van der Waals surface area contributed by atoms with Crippen LogP contribution in [0.1, 0.15) is 57.3 Å². The van der Waals surface area contributed by atoms with E-state index in [1.54, 1.807) is 4.90 Å².